The monoisotopic (exact) mass is 283 g/mol. The first-order valence-electron chi connectivity index (χ1n) is 5.78. The van der Waals surface area contributed by atoms with Gasteiger partial charge in [0.05, 0.1) is 6.20 Å². The summed E-state index contributed by atoms with van der Waals surface area (Å²) in [7, 11) is 0. The molecule has 2 N–H and O–H groups in total. The van der Waals surface area contributed by atoms with Crippen LogP contribution in [0.1, 0.15) is 17.0 Å². The summed E-state index contributed by atoms with van der Waals surface area (Å²) < 4.78 is 43.2. The number of nitrogens with zero attached hydrogens (tertiary/aromatic N) is 2. The Hall–Kier alpha value is -2.15. The first-order chi connectivity index (χ1) is 9.40. The number of ether oxygens (including phenoxy) is 1. The molecule has 20 heavy (non-hydrogen) atoms. The molecule has 0 spiro atoms. The van der Waals surface area contributed by atoms with Crippen LogP contribution < -0.4 is 10.5 Å². The molecule has 2 rings (SSSR count). The van der Waals surface area contributed by atoms with Gasteiger partial charge in [-0.05, 0) is 25.1 Å². The fraction of sp³-hybridized carbons (Fsp3) is 0.231. The summed E-state index contributed by atoms with van der Waals surface area (Å²) in [5, 5.41) is 0. The second-order valence-electron chi connectivity index (χ2n) is 4.10. The summed E-state index contributed by atoms with van der Waals surface area (Å²) in [6, 6.07) is 5.42. The topological polar surface area (TPSA) is 61.0 Å². The second kappa shape index (κ2) is 5.46. The average molecular weight is 283 g/mol. The molecular weight excluding hydrogens is 271 g/mol. The molecule has 0 aliphatic carbocycles. The van der Waals surface area contributed by atoms with Crippen molar-refractivity contribution in [1.82, 2.24) is 9.97 Å². The van der Waals surface area contributed by atoms with Crippen LogP contribution in [0, 0.1) is 6.92 Å². The van der Waals surface area contributed by atoms with Gasteiger partial charge >= 0.3 is 6.18 Å². The van der Waals surface area contributed by atoms with Crippen LogP contribution in [0.2, 0.25) is 0 Å². The smallest absolute Gasteiger partial charge is 0.433 e. The van der Waals surface area contributed by atoms with E-state index in [2.05, 4.69) is 9.97 Å². The van der Waals surface area contributed by atoms with E-state index >= 15 is 0 Å². The van der Waals surface area contributed by atoms with Crippen molar-refractivity contribution in [2.45, 2.75) is 19.6 Å². The highest BCUT2D eigenvalue weighted by atomic mass is 19.4. The average Bonchev–Trinajstić information content (AvgIpc) is 2.40. The summed E-state index contributed by atoms with van der Waals surface area (Å²) in [6.07, 6.45) is -3.12. The van der Waals surface area contributed by atoms with Crippen molar-refractivity contribution in [3.8, 4) is 11.6 Å². The Morgan fingerprint density at radius 2 is 1.95 bits per heavy atom. The van der Waals surface area contributed by atoms with Crippen molar-refractivity contribution in [1.29, 1.82) is 0 Å². The third-order valence-corrected chi connectivity index (χ3v) is 2.55. The molecule has 2 aromatic rings. The molecular formula is C13H12F3N3O. The molecule has 4 nitrogen and oxygen atoms in total. The van der Waals surface area contributed by atoms with Gasteiger partial charge in [0.15, 0.2) is 0 Å². The van der Waals surface area contributed by atoms with Gasteiger partial charge in [-0.1, -0.05) is 6.07 Å². The van der Waals surface area contributed by atoms with Gasteiger partial charge in [-0.15, -0.1) is 0 Å². The molecule has 7 heteroatoms. The van der Waals surface area contributed by atoms with E-state index in [1.165, 1.54) is 12.3 Å². The third-order valence-electron chi connectivity index (χ3n) is 2.55. The Labute approximate surface area is 113 Å². The molecule has 2 heterocycles. The highest BCUT2D eigenvalue weighted by Gasteiger charge is 2.33. The van der Waals surface area contributed by atoms with E-state index in [1.807, 2.05) is 0 Å². The van der Waals surface area contributed by atoms with Gasteiger partial charge in [0.2, 0.25) is 5.88 Å². The van der Waals surface area contributed by atoms with Crippen molar-refractivity contribution in [2.75, 3.05) is 0 Å². The largest absolute Gasteiger partial charge is 0.437 e. The summed E-state index contributed by atoms with van der Waals surface area (Å²) in [5.74, 6) is 0.144. The number of halogens is 3. The van der Waals surface area contributed by atoms with Gasteiger partial charge in [0.25, 0.3) is 0 Å². The normalized spacial score (nSPS) is 11.4. The van der Waals surface area contributed by atoms with Crippen LogP contribution in [0.25, 0.3) is 0 Å². The molecule has 0 radical (unpaired) electrons. The van der Waals surface area contributed by atoms with E-state index in [1.54, 1.807) is 19.1 Å². The van der Waals surface area contributed by atoms with E-state index in [0.29, 0.717) is 11.3 Å². The van der Waals surface area contributed by atoms with Crippen molar-refractivity contribution < 1.29 is 17.9 Å². The van der Waals surface area contributed by atoms with E-state index < -0.39 is 11.9 Å². The number of hydrogen-bond acceptors (Lipinski definition) is 4. The molecule has 0 saturated heterocycles. The second-order valence-corrected chi connectivity index (χ2v) is 4.10. The molecule has 0 aromatic carbocycles. The molecule has 106 valence electrons. The van der Waals surface area contributed by atoms with Crippen molar-refractivity contribution in [3.63, 3.8) is 0 Å². The Bertz CT molecular complexity index is 597. The maximum Gasteiger partial charge on any atom is 0.433 e. The van der Waals surface area contributed by atoms with Crippen LogP contribution in [0.3, 0.4) is 0 Å². The zero-order valence-corrected chi connectivity index (χ0v) is 10.6. The molecule has 0 saturated carbocycles. The minimum atomic E-state index is -4.53. The predicted octanol–water partition coefficient (Wildman–Crippen LogP) is 3.05. The Kier molecular flexibility index (Phi) is 3.89. The van der Waals surface area contributed by atoms with Crippen molar-refractivity contribution in [3.05, 3.63) is 47.4 Å². The maximum absolute atomic E-state index is 12.6. The zero-order valence-electron chi connectivity index (χ0n) is 10.6. The molecule has 0 aliphatic rings. The number of pyridine rings is 2. The first kappa shape index (κ1) is 14.3. The molecule has 0 fully saturated rings. The lowest BCUT2D eigenvalue weighted by atomic mass is 10.2. The minimum absolute atomic E-state index is 0.0275. The molecule has 0 bridgehead atoms. The lowest BCUT2D eigenvalue weighted by molar-refractivity contribution is -0.141. The maximum atomic E-state index is 12.6. The molecule has 2 aromatic heterocycles. The zero-order chi connectivity index (χ0) is 14.8. The number of alkyl halides is 3. The predicted molar refractivity (Wildman–Crippen MR) is 66.2 cm³/mol. The summed E-state index contributed by atoms with van der Waals surface area (Å²) in [5.41, 5.74) is 5.61. The van der Waals surface area contributed by atoms with Crippen LogP contribution in [-0.4, -0.2) is 9.97 Å². The molecule has 0 unspecified atom stereocenters. The van der Waals surface area contributed by atoms with Crippen LogP contribution in [0.5, 0.6) is 11.6 Å². The quantitative estimate of drug-likeness (QED) is 0.940. The van der Waals surface area contributed by atoms with Gasteiger partial charge in [-0.3, -0.25) is 4.98 Å². The lowest BCUT2D eigenvalue weighted by Crippen LogP contribution is -2.10. The van der Waals surface area contributed by atoms with Crippen LogP contribution in [-0.2, 0) is 12.7 Å². The summed E-state index contributed by atoms with van der Waals surface area (Å²) in [6.45, 7) is 1.82. The van der Waals surface area contributed by atoms with Crippen molar-refractivity contribution >= 4 is 0 Å². The van der Waals surface area contributed by atoms with E-state index in [0.717, 1.165) is 11.8 Å². The number of nitrogens with two attached hydrogens (primary N) is 1. The summed E-state index contributed by atoms with van der Waals surface area (Å²) in [4.78, 5) is 7.47. The van der Waals surface area contributed by atoms with Gasteiger partial charge in [-0.25, -0.2) is 4.98 Å². The minimum Gasteiger partial charge on any atom is -0.437 e. The summed E-state index contributed by atoms with van der Waals surface area (Å²) >= 11 is 0. The standard InChI is InChI=1S/C13H12F3N3O/c1-8-2-4-10(7-18-8)20-12-9(6-17)3-5-11(19-12)13(14,15)16/h2-5,7H,6,17H2,1H3. The van der Waals surface area contributed by atoms with Crippen LogP contribution in [0.15, 0.2) is 30.5 Å². The highest BCUT2D eigenvalue weighted by Crippen LogP contribution is 2.31. The van der Waals surface area contributed by atoms with Crippen molar-refractivity contribution in [2.24, 2.45) is 5.73 Å². The SMILES string of the molecule is Cc1ccc(Oc2nc(C(F)(F)F)ccc2CN)cn1. The van der Waals surface area contributed by atoms with E-state index in [9.17, 15) is 13.2 Å². The number of aromatic nitrogens is 2. The van der Waals surface area contributed by atoms with Gasteiger partial charge in [-0.2, -0.15) is 13.2 Å². The highest BCUT2D eigenvalue weighted by molar-refractivity contribution is 5.33. The number of rotatable bonds is 3. The lowest BCUT2D eigenvalue weighted by Gasteiger charge is -2.12. The van der Waals surface area contributed by atoms with Gasteiger partial charge in [0, 0.05) is 17.8 Å². The Morgan fingerprint density at radius 1 is 1.20 bits per heavy atom. The molecule has 0 aliphatic heterocycles. The van der Waals surface area contributed by atoms with Gasteiger partial charge < -0.3 is 10.5 Å². The van der Waals surface area contributed by atoms with E-state index in [-0.39, 0.29) is 12.4 Å². The van der Waals surface area contributed by atoms with Crippen LogP contribution >= 0.6 is 0 Å². The van der Waals surface area contributed by atoms with Gasteiger partial charge in [0.1, 0.15) is 11.4 Å². The molecule has 0 atom stereocenters. The fourth-order valence-electron chi connectivity index (χ4n) is 1.50. The third kappa shape index (κ3) is 3.24. The first-order valence-corrected chi connectivity index (χ1v) is 5.78. The van der Waals surface area contributed by atoms with Crippen LogP contribution in [0.4, 0.5) is 13.2 Å². The Morgan fingerprint density at radius 3 is 2.50 bits per heavy atom. The Balaban J connectivity index is 2.35. The molecule has 0 amide bonds. The number of aryl methyl sites for hydroxylation is 1. The van der Waals surface area contributed by atoms with E-state index in [4.69, 9.17) is 10.5 Å². The number of hydrogen-bond donors (Lipinski definition) is 1. The fourth-order valence-corrected chi connectivity index (χ4v) is 1.50.